The summed E-state index contributed by atoms with van der Waals surface area (Å²) < 4.78 is 2.18. The van der Waals surface area contributed by atoms with Crippen molar-refractivity contribution < 1.29 is 4.79 Å². The topological polar surface area (TPSA) is 46.9 Å². The lowest BCUT2D eigenvalue weighted by Gasteiger charge is -2.24. The molecule has 0 spiro atoms. The van der Waals surface area contributed by atoms with Crippen molar-refractivity contribution in [3.63, 3.8) is 0 Å². The zero-order valence-electron chi connectivity index (χ0n) is 9.99. The van der Waals surface area contributed by atoms with Crippen LogP contribution in [-0.4, -0.2) is 21.0 Å². The van der Waals surface area contributed by atoms with Gasteiger partial charge in [-0.3, -0.25) is 4.79 Å². The van der Waals surface area contributed by atoms with Crippen molar-refractivity contribution in [2.45, 2.75) is 51.6 Å². The normalized spacial score (nSPS) is 24.8. The van der Waals surface area contributed by atoms with Crippen LogP contribution in [0.4, 0.5) is 0 Å². The highest BCUT2D eigenvalue weighted by Crippen LogP contribution is 2.24. The van der Waals surface area contributed by atoms with E-state index in [1.807, 2.05) is 12.5 Å². The molecule has 1 aliphatic rings. The molecule has 16 heavy (non-hydrogen) atoms. The van der Waals surface area contributed by atoms with Crippen LogP contribution < -0.4 is 5.32 Å². The van der Waals surface area contributed by atoms with Crippen LogP contribution in [0.2, 0.25) is 0 Å². The summed E-state index contributed by atoms with van der Waals surface area (Å²) in [5, 5.41) is 3.06. The highest BCUT2D eigenvalue weighted by molar-refractivity contribution is 5.79. The van der Waals surface area contributed by atoms with Crippen molar-refractivity contribution in [2.75, 3.05) is 0 Å². The Labute approximate surface area is 96.1 Å². The molecule has 1 saturated heterocycles. The van der Waals surface area contributed by atoms with Crippen LogP contribution in [0.5, 0.6) is 0 Å². The summed E-state index contributed by atoms with van der Waals surface area (Å²) in [4.78, 5) is 15.4. The molecule has 1 aliphatic heterocycles. The molecule has 0 radical (unpaired) electrons. The van der Waals surface area contributed by atoms with Gasteiger partial charge in [0.2, 0.25) is 5.91 Å². The zero-order chi connectivity index (χ0) is 11.6. The number of hydrogen-bond donors (Lipinski definition) is 1. The van der Waals surface area contributed by atoms with Gasteiger partial charge in [-0.2, -0.15) is 0 Å². The lowest BCUT2D eigenvalue weighted by Crippen LogP contribution is -2.40. The molecule has 1 unspecified atom stereocenters. The predicted octanol–water partition coefficient (Wildman–Crippen LogP) is 1.50. The Hall–Kier alpha value is -1.32. The third kappa shape index (κ3) is 2.26. The Kier molecular flexibility index (Phi) is 2.99. The quantitative estimate of drug-likeness (QED) is 0.837. The first-order chi connectivity index (χ1) is 7.63. The van der Waals surface area contributed by atoms with Crippen molar-refractivity contribution in [1.82, 2.24) is 14.9 Å². The Bertz CT molecular complexity index is 385. The maximum Gasteiger partial charge on any atom is 0.220 e. The highest BCUT2D eigenvalue weighted by Gasteiger charge is 2.33. The average Bonchev–Trinajstić information content (AvgIpc) is 2.76. The number of nitrogens with one attached hydrogen (secondary N) is 1. The minimum Gasteiger partial charge on any atom is -0.351 e. The van der Waals surface area contributed by atoms with Crippen molar-refractivity contribution in [2.24, 2.45) is 0 Å². The molecule has 4 heteroatoms. The van der Waals surface area contributed by atoms with Crippen LogP contribution in [0.1, 0.15) is 38.8 Å². The van der Waals surface area contributed by atoms with Crippen LogP contribution in [0.15, 0.2) is 12.5 Å². The van der Waals surface area contributed by atoms with E-state index in [0.717, 1.165) is 25.8 Å². The first-order valence-corrected chi connectivity index (χ1v) is 5.93. The van der Waals surface area contributed by atoms with Gasteiger partial charge in [-0.25, -0.2) is 4.98 Å². The fraction of sp³-hybridized carbons (Fsp3) is 0.667. The van der Waals surface area contributed by atoms with Gasteiger partial charge in [0.25, 0.3) is 0 Å². The Morgan fingerprint density at radius 1 is 1.62 bits per heavy atom. The molecule has 1 fully saturated rings. The summed E-state index contributed by atoms with van der Waals surface area (Å²) in [6.45, 7) is 5.27. The molecule has 1 N–H and O–H groups in total. The van der Waals surface area contributed by atoms with Gasteiger partial charge in [-0.15, -0.1) is 0 Å². The molecule has 0 saturated carbocycles. The molecule has 1 amide bonds. The smallest absolute Gasteiger partial charge is 0.220 e. The SMILES string of the molecule is CCCn1cncc1CC1(C)CCC(=O)N1. The van der Waals surface area contributed by atoms with E-state index >= 15 is 0 Å². The van der Waals surface area contributed by atoms with E-state index in [1.54, 1.807) is 0 Å². The molecule has 0 bridgehead atoms. The van der Waals surface area contributed by atoms with Crippen LogP contribution in [0.3, 0.4) is 0 Å². The molecule has 1 aromatic rings. The standard InChI is InChI=1S/C12H19N3O/c1-3-6-15-9-13-8-10(15)7-12(2)5-4-11(16)14-12/h8-9H,3-7H2,1-2H3,(H,14,16). The largest absolute Gasteiger partial charge is 0.351 e. The minimum atomic E-state index is -0.0807. The van der Waals surface area contributed by atoms with Gasteiger partial charge in [0.1, 0.15) is 0 Å². The first kappa shape index (κ1) is 11.2. The van der Waals surface area contributed by atoms with Crippen LogP contribution in [0.25, 0.3) is 0 Å². The molecule has 88 valence electrons. The maximum absolute atomic E-state index is 11.3. The molecular formula is C12H19N3O. The third-order valence-electron chi connectivity index (χ3n) is 3.18. The molecule has 1 atom stereocenters. The van der Waals surface area contributed by atoms with Crippen molar-refractivity contribution >= 4 is 5.91 Å². The summed E-state index contributed by atoms with van der Waals surface area (Å²) in [6.07, 6.45) is 7.33. The summed E-state index contributed by atoms with van der Waals surface area (Å²) in [7, 11) is 0. The van der Waals surface area contributed by atoms with Crippen LogP contribution >= 0.6 is 0 Å². The summed E-state index contributed by atoms with van der Waals surface area (Å²) >= 11 is 0. The molecule has 0 aromatic carbocycles. The summed E-state index contributed by atoms with van der Waals surface area (Å²) in [5.74, 6) is 0.170. The minimum absolute atomic E-state index is 0.0807. The number of hydrogen-bond acceptors (Lipinski definition) is 2. The number of carbonyl (C=O) groups excluding carboxylic acids is 1. The second kappa shape index (κ2) is 4.28. The lowest BCUT2D eigenvalue weighted by atomic mass is 9.94. The Morgan fingerprint density at radius 3 is 3.06 bits per heavy atom. The van der Waals surface area contributed by atoms with Gasteiger partial charge in [0, 0.05) is 36.8 Å². The molecule has 2 heterocycles. The third-order valence-corrected chi connectivity index (χ3v) is 3.18. The van der Waals surface area contributed by atoms with Gasteiger partial charge in [-0.05, 0) is 19.8 Å². The highest BCUT2D eigenvalue weighted by atomic mass is 16.2. The van der Waals surface area contributed by atoms with Crippen LogP contribution in [-0.2, 0) is 17.8 Å². The fourth-order valence-corrected chi connectivity index (χ4v) is 2.32. The molecule has 0 aliphatic carbocycles. The maximum atomic E-state index is 11.3. The van der Waals surface area contributed by atoms with Gasteiger partial charge in [0.05, 0.1) is 6.33 Å². The van der Waals surface area contributed by atoms with E-state index in [2.05, 4.69) is 28.7 Å². The van der Waals surface area contributed by atoms with E-state index in [1.165, 1.54) is 5.69 Å². The first-order valence-electron chi connectivity index (χ1n) is 5.93. The van der Waals surface area contributed by atoms with E-state index in [0.29, 0.717) is 6.42 Å². The Morgan fingerprint density at radius 2 is 2.44 bits per heavy atom. The number of amides is 1. The number of nitrogens with zero attached hydrogens (tertiary/aromatic N) is 2. The number of carbonyl (C=O) groups is 1. The summed E-state index contributed by atoms with van der Waals surface area (Å²) in [6, 6.07) is 0. The second-order valence-corrected chi connectivity index (χ2v) is 4.86. The van der Waals surface area contributed by atoms with Crippen molar-refractivity contribution in [1.29, 1.82) is 0 Å². The molecule has 2 rings (SSSR count). The summed E-state index contributed by atoms with van der Waals surface area (Å²) in [5.41, 5.74) is 1.13. The van der Waals surface area contributed by atoms with Gasteiger partial charge >= 0.3 is 0 Å². The van der Waals surface area contributed by atoms with E-state index in [9.17, 15) is 4.79 Å². The Balaban J connectivity index is 2.08. The fourth-order valence-electron chi connectivity index (χ4n) is 2.32. The predicted molar refractivity (Wildman–Crippen MR) is 62.0 cm³/mol. The number of imidazole rings is 1. The zero-order valence-corrected chi connectivity index (χ0v) is 9.99. The van der Waals surface area contributed by atoms with Gasteiger partial charge in [-0.1, -0.05) is 6.92 Å². The van der Waals surface area contributed by atoms with Crippen molar-refractivity contribution in [3.05, 3.63) is 18.2 Å². The average molecular weight is 221 g/mol. The molecular weight excluding hydrogens is 202 g/mol. The van der Waals surface area contributed by atoms with E-state index in [4.69, 9.17) is 0 Å². The van der Waals surface area contributed by atoms with E-state index < -0.39 is 0 Å². The van der Waals surface area contributed by atoms with Crippen LogP contribution in [0, 0.1) is 0 Å². The van der Waals surface area contributed by atoms with E-state index in [-0.39, 0.29) is 11.4 Å². The lowest BCUT2D eigenvalue weighted by molar-refractivity contribution is -0.119. The number of aromatic nitrogens is 2. The number of rotatable bonds is 4. The van der Waals surface area contributed by atoms with Crippen molar-refractivity contribution in [3.8, 4) is 0 Å². The monoisotopic (exact) mass is 221 g/mol. The van der Waals surface area contributed by atoms with Gasteiger partial charge < -0.3 is 9.88 Å². The molecule has 1 aromatic heterocycles. The molecule has 4 nitrogen and oxygen atoms in total. The second-order valence-electron chi connectivity index (χ2n) is 4.86. The number of aryl methyl sites for hydroxylation is 1. The van der Waals surface area contributed by atoms with Gasteiger partial charge in [0.15, 0.2) is 0 Å².